The van der Waals surface area contributed by atoms with E-state index in [1.165, 1.54) is 30.9 Å². The van der Waals surface area contributed by atoms with Crippen molar-refractivity contribution >= 4 is 17.6 Å². The lowest BCUT2D eigenvalue weighted by atomic mass is 10.1. The average Bonchev–Trinajstić information content (AvgIpc) is 2.95. The fourth-order valence-corrected chi connectivity index (χ4v) is 2.02. The van der Waals surface area contributed by atoms with E-state index in [0.717, 1.165) is 0 Å². The van der Waals surface area contributed by atoms with Gasteiger partial charge in [-0.2, -0.15) is 5.10 Å². The van der Waals surface area contributed by atoms with Gasteiger partial charge in [0.05, 0.1) is 11.9 Å². The molecule has 7 heteroatoms. The standard InChI is InChI=1S/C18H23N3O4/c1-17(2,3)25-14-8-6-12(7-9-14)15(22)20-13-10-19-21(11-13)18(4,5)16(23)24/h6-11H,1-5H3,(H,20,22)(H,23,24). The molecule has 0 bridgehead atoms. The van der Waals surface area contributed by atoms with E-state index in [2.05, 4.69) is 10.4 Å². The number of carboxylic acid groups (broad SMARTS) is 1. The number of carboxylic acids is 1. The summed E-state index contributed by atoms with van der Waals surface area (Å²) in [6.07, 6.45) is 2.91. The van der Waals surface area contributed by atoms with Crippen molar-refractivity contribution in [3.63, 3.8) is 0 Å². The molecule has 0 aliphatic heterocycles. The van der Waals surface area contributed by atoms with Crippen molar-refractivity contribution in [2.75, 3.05) is 5.32 Å². The van der Waals surface area contributed by atoms with Crippen LogP contribution in [0.5, 0.6) is 5.75 Å². The van der Waals surface area contributed by atoms with E-state index < -0.39 is 11.5 Å². The molecule has 25 heavy (non-hydrogen) atoms. The van der Waals surface area contributed by atoms with E-state index in [0.29, 0.717) is 17.0 Å². The number of hydrogen-bond acceptors (Lipinski definition) is 4. The van der Waals surface area contributed by atoms with Gasteiger partial charge in [0.15, 0.2) is 5.54 Å². The number of rotatable bonds is 5. The van der Waals surface area contributed by atoms with E-state index in [-0.39, 0.29) is 11.5 Å². The van der Waals surface area contributed by atoms with Gasteiger partial charge in [0.1, 0.15) is 11.4 Å². The van der Waals surface area contributed by atoms with Crippen LogP contribution in [-0.2, 0) is 10.3 Å². The lowest BCUT2D eigenvalue weighted by Gasteiger charge is -2.21. The van der Waals surface area contributed by atoms with E-state index >= 15 is 0 Å². The Morgan fingerprint density at radius 2 is 1.72 bits per heavy atom. The molecule has 0 atom stereocenters. The van der Waals surface area contributed by atoms with Crippen LogP contribution in [0.15, 0.2) is 36.7 Å². The molecule has 134 valence electrons. The Hall–Kier alpha value is -2.83. The molecule has 0 spiro atoms. The molecule has 0 saturated carbocycles. The van der Waals surface area contributed by atoms with E-state index in [9.17, 15) is 14.7 Å². The van der Waals surface area contributed by atoms with Crippen molar-refractivity contribution in [3.05, 3.63) is 42.2 Å². The summed E-state index contributed by atoms with van der Waals surface area (Å²) in [7, 11) is 0. The lowest BCUT2D eigenvalue weighted by molar-refractivity contribution is -0.146. The van der Waals surface area contributed by atoms with Crippen LogP contribution in [0.1, 0.15) is 45.0 Å². The van der Waals surface area contributed by atoms with Gasteiger partial charge in [-0.1, -0.05) is 0 Å². The normalized spacial score (nSPS) is 11.9. The lowest BCUT2D eigenvalue weighted by Crippen LogP contribution is -2.35. The number of aliphatic carboxylic acids is 1. The number of nitrogens with zero attached hydrogens (tertiary/aromatic N) is 2. The zero-order valence-electron chi connectivity index (χ0n) is 15.0. The molecule has 2 aromatic rings. The number of anilines is 1. The zero-order chi connectivity index (χ0) is 18.8. The van der Waals surface area contributed by atoms with Gasteiger partial charge < -0.3 is 15.2 Å². The van der Waals surface area contributed by atoms with Gasteiger partial charge in [0.25, 0.3) is 5.91 Å². The van der Waals surface area contributed by atoms with E-state index in [4.69, 9.17) is 4.74 Å². The topological polar surface area (TPSA) is 93.5 Å². The van der Waals surface area contributed by atoms with Crippen LogP contribution >= 0.6 is 0 Å². The third-order valence-electron chi connectivity index (χ3n) is 3.48. The van der Waals surface area contributed by atoms with Crippen molar-refractivity contribution in [1.29, 1.82) is 0 Å². The highest BCUT2D eigenvalue weighted by Gasteiger charge is 2.30. The Morgan fingerprint density at radius 1 is 1.12 bits per heavy atom. The maximum absolute atomic E-state index is 12.3. The van der Waals surface area contributed by atoms with Gasteiger partial charge >= 0.3 is 5.97 Å². The first-order chi connectivity index (χ1) is 11.5. The monoisotopic (exact) mass is 345 g/mol. The van der Waals surface area contributed by atoms with Crippen LogP contribution < -0.4 is 10.1 Å². The number of hydrogen-bond donors (Lipinski definition) is 2. The van der Waals surface area contributed by atoms with E-state index in [1.54, 1.807) is 24.3 Å². The highest BCUT2D eigenvalue weighted by atomic mass is 16.5. The number of benzene rings is 1. The Kier molecular flexibility index (Phi) is 4.87. The second-order valence-corrected chi connectivity index (χ2v) is 7.23. The number of carbonyl (C=O) groups is 2. The molecule has 2 N–H and O–H groups in total. The molecule has 1 heterocycles. The Balaban J connectivity index is 2.08. The predicted molar refractivity (Wildman–Crippen MR) is 94.0 cm³/mol. The van der Waals surface area contributed by atoms with Gasteiger partial charge in [0.2, 0.25) is 0 Å². The largest absolute Gasteiger partial charge is 0.488 e. The van der Waals surface area contributed by atoms with Crippen molar-refractivity contribution in [2.45, 2.75) is 45.8 Å². The molecule has 0 unspecified atom stereocenters. The maximum atomic E-state index is 12.3. The SMILES string of the molecule is CC(C)(C)Oc1ccc(C(=O)Nc2cnn(C(C)(C)C(=O)O)c2)cc1. The molecule has 0 fully saturated rings. The van der Waals surface area contributed by atoms with Gasteiger partial charge in [0, 0.05) is 11.8 Å². The predicted octanol–water partition coefficient (Wildman–Crippen LogP) is 3.13. The molecule has 1 aromatic carbocycles. The summed E-state index contributed by atoms with van der Waals surface area (Å²) in [6.45, 7) is 8.90. The molecular weight excluding hydrogens is 322 g/mol. The molecule has 0 aliphatic carbocycles. The van der Waals surface area contributed by atoms with Crippen molar-refractivity contribution in [2.24, 2.45) is 0 Å². The van der Waals surface area contributed by atoms with Crippen molar-refractivity contribution < 1.29 is 19.4 Å². The van der Waals surface area contributed by atoms with Crippen LogP contribution in [0.2, 0.25) is 0 Å². The zero-order valence-corrected chi connectivity index (χ0v) is 15.0. The van der Waals surface area contributed by atoms with Crippen molar-refractivity contribution in [3.8, 4) is 5.75 Å². The van der Waals surface area contributed by atoms with Crippen LogP contribution in [0.25, 0.3) is 0 Å². The Labute approximate surface area is 146 Å². The van der Waals surface area contributed by atoms with Crippen LogP contribution in [0, 0.1) is 0 Å². The third kappa shape index (κ3) is 4.59. The molecular formula is C18H23N3O4. The van der Waals surface area contributed by atoms with Crippen LogP contribution in [0.4, 0.5) is 5.69 Å². The first-order valence-corrected chi connectivity index (χ1v) is 7.88. The molecule has 0 radical (unpaired) electrons. The summed E-state index contributed by atoms with van der Waals surface area (Å²) in [5.74, 6) is -0.641. The fraction of sp³-hybridized carbons (Fsp3) is 0.389. The fourth-order valence-electron chi connectivity index (χ4n) is 2.02. The van der Waals surface area contributed by atoms with Crippen molar-refractivity contribution in [1.82, 2.24) is 9.78 Å². The van der Waals surface area contributed by atoms with Crippen LogP contribution in [-0.4, -0.2) is 32.4 Å². The summed E-state index contributed by atoms with van der Waals surface area (Å²) in [5, 5.41) is 15.9. The molecule has 2 rings (SSSR count). The summed E-state index contributed by atoms with van der Waals surface area (Å²) >= 11 is 0. The molecule has 0 aliphatic rings. The quantitative estimate of drug-likeness (QED) is 0.868. The van der Waals surface area contributed by atoms with Gasteiger partial charge in [-0.25, -0.2) is 4.79 Å². The number of nitrogens with one attached hydrogen (secondary N) is 1. The molecule has 1 aromatic heterocycles. The van der Waals surface area contributed by atoms with E-state index in [1.807, 2.05) is 20.8 Å². The smallest absolute Gasteiger partial charge is 0.331 e. The maximum Gasteiger partial charge on any atom is 0.331 e. The second-order valence-electron chi connectivity index (χ2n) is 7.23. The number of amides is 1. The minimum absolute atomic E-state index is 0.310. The Morgan fingerprint density at radius 3 is 2.24 bits per heavy atom. The minimum atomic E-state index is -1.20. The third-order valence-corrected chi connectivity index (χ3v) is 3.48. The summed E-state index contributed by atoms with van der Waals surface area (Å²) in [6, 6.07) is 6.80. The van der Waals surface area contributed by atoms with Gasteiger partial charge in [-0.05, 0) is 58.9 Å². The molecule has 1 amide bonds. The first kappa shape index (κ1) is 18.5. The summed E-state index contributed by atoms with van der Waals surface area (Å²) in [4.78, 5) is 23.5. The van der Waals surface area contributed by atoms with Crippen LogP contribution in [0.3, 0.4) is 0 Å². The summed E-state index contributed by atoms with van der Waals surface area (Å²) < 4.78 is 7.01. The first-order valence-electron chi connectivity index (χ1n) is 7.88. The second kappa shape index (κ2) is 6.58. The highest BCUT2D eigenvalue weighted by Crippen LogP contribution is 2.20. The van der Waals surface area contributed by atoms with Gasteiger partial charge in [-0.3, -0.25) is 9.48 Å². The molecule has 0 saturated heterocycles. The Bertz CT molecular complexity index is 770. The summed E-state index contributed by atoms with van der Waals surface area (Å²) in [5.41, 5.74) is -0.620. The van der Waals surface area contributed by atoms with Gasteiger partial charge in [-0.15, -0.1) is 0 Å². The minimum Gasteiger partial charge on any atom is -0.488 e. The molecule has 7 nitrogen and oxygen atoms in total. The number of ether oxygens (including phenoxy) is 1. The highest BCUT2D eigenvalue weighted by molar-refractivity contribution is 6.04. The number of carbonyl (C=O) groups excluding carboxylic acids is 1. The number of aromatic nitrogens is 2. The average molecular weight is 345 g/mol.